The zero-order valence-electron chi connectivity index (χ0n) is 10.5. The van der Waals surface area contributed by atoms with Gasteiger partial charge in [0.2, 0.25) is 0 Å². The Morgan fingerprint density at radius 2 is 1.95 bits per heavy atom. The third kappa shape index (κ3) is 3.69. The second-order valence-electron chi connectivity index (χ2n) is 4.26. The van der Waals surface area contributed by atoms with Gasteiger partial charge in [0, 0.05) is 12.3 Å². The average molecular weight is 261 g/mol. The molecule has 4 heteroatoms. The number of aliphatic hydroxyl groups is 1. The van der Waals surface area contributed by atoms with Gasteiger partial charge in [-0.25, -0.2) is 4.39 Å². The molecule has 0 saturated carbocycles. The van der Waals surface area contributed by atoms with Crippen molar-refractivity contribution in [1.29, 1.82) is 0 Å². The Labute approximate surface area is 111 Å². The quantitative estimate of drug-likeness (QED) is 0.813. The maximum absolute atomic E-state index is 13.2. The molecule has 2 aromatic rings. The predicted octanol–water partition coefficient (Wildman–Crippen LogP) is 2.52. The van der Waals surface area contributed by atoms with E-state index >= 15 is 0 Å². The zero-order chi connectivity index (χ0) is 13.7. The monoisotopic (exact) mass is 261 g/mol. The van der Waals surface area contributed by atoms with Gasteiger partial charge >= 0.3 is 0 Å². The van der Waals surface area contributed by atoms with Crippen LogP contribution in [0.1, 0.15) is 11.1 Å². The lowest BCUT2D eigenvalue weighted by molar-refractivity contribution is 0.284. The number of ether oxygens (including phenoxy) is 1. The second-order valence-corrected chi connectivity index (χ2v) is 4.26. The van der Waals surface area contributed by atoms with Crippen LogP contribution in [0.25, 0.3) is 0 Å². The number of halogens is 1. The Balaban J connectivity index is 2.09. The first-order valence-electron chi connectivity index (χ1n) is 6.05. The summed E-state index contributed by atoms with van der Waals surface area (Å²) in [6.07, 6.45) is 0.529. The van der Waals surface area contributed by atoms with Crippen molar-refractivity contribution in [3.8, 4) is 5.75 Å². The van der Waals surface area contributed by atoms with Gasteiger partial charge in [-0.1, -0.05) is 18.2 Å². The molecule has 0 unspecified atom stereocenters. The van der Waals surface area contributed by atoms with E-state index in [9.17, 15) is 4.39 Å². The van der Waals surface area contributed by atoms with Crippen molar-refractivity contribution >= 4 is 5.69 Å². The van der Waals surface area contributed by atoms with E-state index in [1.807, 2.05) is 24.3 Å². The maximum Gasteiger partial charge on any atom is 0.125 e. The third-order valence-corrected chi connectivity index (χ3v) is 2.73. The molecule has 0 aliphatic rings. The first kappa shape index (κ1) is 13.4. The minimum Gasteiger partial charge on any atom is -0.489 e. The summed E-state index contributed by atoms with van der Waals surface area (Å²) in [5.41, 5.74) is 7.56. The lowest BCUT2D eigenvalue weighted by Gasteiger charge is -2.11. The van der Waals surface area contributed by atoms with E-state index in [-0.39, 0.29) is 19.0 Å². The highest BCUT2D eigenvalue weighted by atomic mass is 19.1. The zero-order valence-corrected chi connectivity index (χ0v) is 10.5. The molecular formula is C15H16FNO2. The molecule has 0 aliphatic heterocycles. The van der Waals surface area contributed by atoms with Crippen LogP contribution in [0.2, 0.25) is 0 Å². The van der Waals surface area contributed by atoms with E-state index in [1.165, 1.54) is 12.1 Å². The molecule has 0 fully saturated rings. The molecule has 0 spiro atoms. The van der Waals surface area contributed by atoms with Gasteiger partial charge < -0.3 is 15.6 Å². The van der Waals surface area contributed by atoms with Crippen LogP contribution < -0.4 is 10.5 Å². The first-order chi connectivity index (χ1) is 9.19. The number of hydrogen-bond acceptors (Lipinski definition) is 3. The molecule has 3 N–H and O–H groups in total. The van der Waals surface area contributed by atoms with Gasteiger partial charge in [0.15, 0.2) is 0 Å². The van der Waals surface area contributed by atoms with Crippen molar-refractivity contribution < 1.29 is 14.2 Å². The molecule has 0 atom stereocenters. The Hall–Kier alpha value is -2.07. The van der Waals surface area contributed by atoms with Crippen molar-refractivity contribution in [2.75, 3.05) is 12.3 Å². The Bertz CT molecular complexity index is 537. The van der Waals surface area contributed by atoms with Gasteiger partial charge in [-0.3, -0.25) is 0 Å². The summed E-state index contributed by atoms with van der Waals surface area (Å²) >= 11 is 0. The molecule has 0 aromatic heterocycles. The lowest BCUT2D eigenvalue weighted by Crippen LogP contribution is -2.01. The molecule has 2 rings (SSSR count). The summed E-state index contributed by atoms with van der Waals surface area (Å²) < 4.78 is 18.8. The van der Waals surface area contributed by atoms with Crippen LogP contribution in [0.15, 0.2) is 42.5 Å². The summed E-state index contributed by atoms with van der Waals surface area (Å²) in [4.78, 5) is 0. The highest BCUT2D eigenvalue weighted by Gasteiger charge is 2.04. The van der Waals surface area contributed by atoms with Crippen LogP contribution in [0, 0.1) is 5.82 Å². The molecule has 0 heterocycles. The van der Waals surface area contributed by atoms with Crippen molar-refractivity contribution in [1.82, 2.24) is 0 Å². The highest BCUT2D eigenvalue weighted by molar-refractivity contribution is 5.41. The SMILES string of the molecule is Nc1cc(F)cc(COc2ccccc2CCO)c1. The molecule has 0 radical (unpaired) electrons. The molecule has 19 heavy (non-hydrogen) atoms. The van der Waals surface area contributed by atoms with E-state index in [0.717, 1.165) is 5.56 Å². The molecule has 2 aromatic carbocycles. The molecular weight excluding hydrogens is 245 g/mol. The standard InChI is InChI=1S/C15H16FNO2/c16-13-7-11(8-14(17)9-13)10-19-15-4-2-1-3-12(15)5-6-18/h1-4,7-9,18H,5-6,10,17H2. The minimum absolute atomic E-state index is 0.0628. The fourth-order valence-electron chi connectivity index (χ4n) is 1.89. The normalized spacial score (nSPS) is 10.4. The Morgan fingerprint density at radius 1 is 1.16 bits per heavy atom. The third-order valence-electron chi connectivity index (χ3n) is 2.73. The van der Waals surface area contributed by atoms with Crippen molar-refractivity contribution in [2.45, 2.75) is 13.0 Å². The Morgan fingerprint density at radius 3 is 2.68 bits per heavy atom. The van der Waals surface area contributed by atoms with E-state index in [4.69, 9.17) is 15.6 Å². The van der Waals surface area contributed by atoms with Crippen LogP contribution in [-0.2, 0) is 13.0 Å². The highest BCUT2D eigenvalue weighted by Crippen LogP contribution is 2.20. The molecule has 0 saturated heterocycles. The number of benzene rings is 2. The van der Waals surface area contributed by atoms with Gasteiger partial charge in [-0.15, -0.1) is 0 Å². The topological polar surface area (TPSA) is 55.5 Å². The number of rotatable bonds is 5. The number of hydrogen-bond donors (Lipinski definition) is 2. The van der Waals surface area contributed by atoms with Crippen LogP contribution in [0.5, 0.6) is 5.75 Å². The van der Waals surface area contributed by atoms with Crippen molar-refractivity contribution in [3.63, 3.8) is 0 Å². The molecule has 0 amide bonds. The predicted molar refractivity (Wildman–Crippen MR) is 72.4 cm³/mol. The maximum atomic E-state index is 13.2. The second kappa shape index (κ2) is 6.20. The largest absolute Gasteiger partial charge is 0.489 e. The van der Waals surface area contributed by atoms with E-state index in [0.29, 0.717) is 23.4 Å². The van der Waals surface area contributed by atoms with Crippen molar-refractivity contribution in [3.05, 3.63) is 59.4 Å². The summed E-state index contributed by atoms with van der Waals surface area (Å²) in [6, 6.07) is 11.8. The van der Waals surface area contributed by atoms with Gasteiger partial charge in [0.25, 0.3) is 0 Å². The smallest absolute Gasteiger partial charge is 0.125 e. The molecule has 0 aliphatic carbocycles. The van der Waals surface area contributed by atoms with Crippen LogP contribution in [0.3, 0.4) is 0 Å². The first-order valence-corrected chi connectivity index (χ1v) is 6.05. The average Bonchev–Trinajstić information content (AvgIpc) is 2.37. The number of nitrogen functional groups attached to an aromatic ring is 1. The van der Waals surface area contributed by atoms with E-state index < -0.39 is 0 Å². The number of para-hydroxylation sites is 1. The van der Waals surface area contributed by atoms with Gasteiger partial charge in [-0.05, 0) is 41.8 Å². The fourth-order valence-corrected chi connectivity index (χ4v) is 1.89. The molecule has 0 bridgehead atoms. The lowest BCUT2D eigenvalue weighted by atomic mass is 10.1. The molecule has 100 valence electrons. The summed E-state index contributed by atoms with van der Waals surface area (Å²) in [5.74, 6) is 0.321. The van der Waals surface area contributed by atoms with Crippen molar-refractivity contribution in [2.24, 2.45) is 0 Å². The summed E-state index contributed by atoms with van der Waals surface area (Å²) in [5, 5.41) is 8.98. The van der Waals surface area contributed by atoms with E-state index in [1.54, 1.807) is 6.07 Å². The number of anilines is 1. The fraction of sp³-hybridized carbons (Fsp3) is 0.200. The van der Waals surface area contributed by atoms with Crippen LogP contribution in [0.4, 0.5) is 10.1 Å². The van der Waals surface area contributed by atoms with Crippen LogP contribution in [-0.4, -0.2) is 11.7 Å². The summed E-state index contributed by atoms with van der Waals surface area (Å²) in [7, 11) is 0. The Kier molecular flexibility index (Phi) is 4.36. The van der Waals surface area contributed by atoms with Gasteiger partial charge in [0.1, 0.15) is 18.2 Å². The summed E-state index contributed by atoms with van der Waals surface area (Å²) in [6.45, 7) is 0.303. The van der Waals surface area contributed by atoms with Crippen LogP contribution >= 0.6 is 0 Å². The van der Waals surface area contributed by atoms with Gasteiger partial charge in [-0.2, -0.15) is 0 Å². The van der Waals surface area contributed by atoms with E-state index in [2.05, 4.69) is 0 Å². The number of aliphatic hydroxyl groups excluding tert-OH is 1. The minimum atomic E-state index is -0.373. The van der Waals surface area contributed by atoms with Gasteiger partial charge in [0.05, 0.1) is 0 Å². The molecule has 3 nitrogen and oxygen atoms in total. The number of nitrogens with two attached hydrogens (primary N) is 1.